The van der Waals surface area contributed by atoms with E-state index in [2.05, 4.69) is 20.1 Å². The van der Waals surface area contributed by atoms with Crippen LogP contribution in [-0.2, 0) is 20.9 Å². The van der Waals surface area contributed by atoms with Crippen molar-refractivity contribution in [2.75, 3.05) is 24.6 Å². The van der Waals surface area contributed by atoms with Crippen LogP contribution in [0.1, 0.15) is 39.2 Å². The number of thioether (sulfide) groups is 1. The van der Waals surface area contributed by atoms with Crippen molar-refractivity contribution < 1.29 is 19.5 Å². The predicted molar refractivity (Wildman–Crippen MR) is 182 cm³/mol. The number of likely N-dealkylation sites (tertiary alicyclic amines) is 1. The van der Waals surface area contributed by atoms with Crippen molar-refractivity contribution >= 4 is 46.8 Å². The summed E-state index contributed by atoms with van der Waals surface area (Å²) in [6.45, 7) is 14.7. The fourth-order valence-electron chi connectivity index (χ4n) is 7.82. The highest BCUT2D eigenvalue weighted by Crippen LogP contribution is 2.69. The summed E-state index contributed by atoms with van der Waals surface area (Å²) in [5, 5.41) is 11.2. The zero-order chi connectivity index (χ0) is 32.5. The number of aliphatic hydroxyl groups is 1. The number of carbonyl (C=O) groups is 3. The van der Waals surface area contributed by atoms with Gasteiger partial charge in [-0.15, -0.1) is 24.9 Å². The highest BCUT2D eigenvalue weighted by molar-refractivity contribution is 8.02. The smallest absolute Gasteiger partial charge is 0.251 e. The van der Waals surface area contributed by atoms with Crippen LogP contribution < -0.4 is 4.90 Å². The van der Waals surface area contributed by atoms with Crippen molar-refractivity contribution in [1.82, 2.24) is 9.80 Å². The molecule has 0 radical (unpaired) electrons. The van der Waals surface area contributed by atoms with Gasteiger partial charge in [-0.25, -0.2) is 0 Å². The average molecular weight is 650 g/mol. The van der Waals surface area contributed by atoms with E-state index in [0.29, 0.717) is 23.8 Å². The van der Waals surface area contributed by atoms with Gasteiger partial charge in [-0.2, -0.15) is 0 Å². The molecule has 3 heterocycles. The van der Waals surface area contributed by atoms with Gasteiger partial charge in [0.25, 0.3) is 5.91 Å². The number of rotatable bonds is 13. The number of aliphatic hydroxyl groups excluding tert-OH is 1. The lowest BCUT2D eigenvalue weighted by molar-refractivity contribution is -0.146. The molecule has 1 spiro atoms. The lowest BCUT2D eigenvalue weighted by Gasteiger charge is -2.43. The van der Waals surface area contributed by atoms with Gasteiger partial charge in [-0.1, -0.05) is 81.3 Å². The molecule has 3 amide bonds. The fourth-order valence-corrected chi connectivity index (χ4v) is 10.3. The maximum Gasteiger partial charge on any atom is 0.251 e. The SMILES string of the molecule is C=CCN(Cc1ccccc1)C(=O)[C@@H]1[C@H]2C(=O)N([C@@H](CO)[C@@H](C)CC)C(C(=O)N(CC=C)c3ccc(Cl)cc3)C23S[C@@H]1CC3C. The monoisotopic (exact) mass is 649 g/mol. The fraction of sp³-hybridized carbons (Fsp3) is 0.472. The summed E-state index contributed by atoms with van der Waals surface area (Å²) in [5.41, 5.74) is 1.65. The Morgan fingerprint density at radius 3 is 2.38 bits per heavy atom. The van der Waals surface area contributed by atoms with Crippen molar-refractivity contribution in [2.24, 2.45) is 23.7 Å². The van der Waals surface area contributed by atoms with Gasteiger partial charge in [-0.3, -0.25) is 14.4 Å². The molecule has 7 nitrogen and oxygen atoms in total. The molecule has 3 saturated heterocycles. The van der Waals surface area contributed by atoms with Crippen LogP contribution in [0.3, 0.4) is 0 Å². The van der Waals surface area contributed by atoms with Crippen molar-refractivity contribution in [1.29, 1.82) is 0 Å². The highest BCUT2D eigenvalue weighted by Gasteiger charge is 2.77. The van der Waals surface area contributed by atoms with E-state index >= 15 is 0 Å². The third kappa shape index (κ3) is 5.74. The summed E-state index contributed by atoms with van der Waals surface area (Å²) in [5.74, 6) is -1.85. The molecule has 0 aromatic heterocycles. The highest BCUT2D eigenvalue weighted by atomic mass is 35.5. The van der Waals surface area contributed by atoms with E-state index in [0.717, 1.165) is 18.4 Å². The minimum absolute atomic E-state index is 0.00139. The Bertz CT molecular complexity index is 1420. The molecule has 0 saturated carbocycles. The van der Waals surface area contributed by atoms with E-state index in [9.17, 15) is 19.5 Å². The summed E-state index contributed by atoms with van der Waals surface area (Å²) in [6, 6.07) is 15.5. The number of fused-ring (bicyclic) bond motifs is 1. The van der Waals surface area contributed by atoms with E-state index in [1.807, 2.05) is 44.2 Å². The molecule has 2 bridgehead atoms. The van der Waals surface area contributed by atoms with Crippen LogP contribution >= 0.6 is 23.4 Å². The van der Waals surface area contributed by atoms with Crippen LogP contribution in [0.5, 0.6) is 0 Å². The van der Waals surface area contributed by atoms with Gasteiger partial charge in [-0.05, 0) is 48.1 Å². The van der Waals surface area contributed by atoms with Crippen LogP contribution in [0, 0.1) is 23.7 Å². The molecule has 0 aliphatic carbocycles. The van der Waals surface area contributed by atoms with Gasteiger partial charge in [0.1, 0.15) is 6.04 Å². The first-order chi connectivity index (χ1) is 21.6. The normalized spacial score (nSPS) is 28.0. The second-order valence-electron chi connectivity index (χ2n) is 12.6. The Morgan fingerprint density at radius 2 is 1.78 bits per heavy atom. The largest absolute Gasteiger partial charge is 0.394 e. The van der Waals surface area contributed by atoms with E-state index in [1.54, 1.807) is 62.9 Å². The lowest BCUT2D eigenvalue weighted by Crippen LogP contribution is -2.60. The van der Waals surface area contributed by atoms with E-state index in [1.165, 1.54) is 0 Å². The van der Waals surface area contributed by atoms with Gasteiger partial charge >= 0.3 is 0 Å². The van der Waals surface area contributed by atoms with E-state index < -0.39 is 28.7 Å². The number of amides is 3. The van der Waals surface area contributed by atoms with Gasteiger partial charge in [0.2, 0.25) is 11.8 Å². The Balaban J connectivity index is 1.61. The molecule has 9 heteroatoms. The van der Waals surface area contributed by atoms with Gasteiger partial charge < -0.3 is 19.8 Å². The Hall–Kier alpha value is -3.07. The zero-order valence-electron chi connectivity index (χ0n) is 26.3. The number of hydrogen-bond acceptors (Lipinski definition) is 5. The number of hydrogen-bond donors (Lipinski definition) is 1. The van der Waals surface area contributed by atoms with Crippen molar-refractivity contribution in [2.45, 2.75) is 62.2 Å². The quantitative estimate of drug-likeness (QED) is 0.277. The van der Waals surface area contributed by atoms with Gasteiger partial charge in [0.15, 0.2) is 0 Å². The lowest BCUT2D eigenvalue weighted by atomic mass is 9.65. The Morgan fingerprint density at radius 1 is 1.11 bits per heavy atom. The molecule has 45 heavy (non-hydrogen) atoms. The van der Waals surface area contributed by atoms with Crippen LogP contribution in [0.15, 0.2) is 79.9 Å². The van der Waals surface area contributed by atoms with Crippen molar-refractivity contribution in [3.05, 3.63) is 90.5 Å². The Labute approximate surface area is 276 Å². The molecule has 5 rings (SSSR count). The van der Waals surface area contributed by atoms with Crippen LogP contribution in [0.4, 0.5) is 5.69 Å². The topological polar surface area (TPSA) is 81.2 Å². The molecule has 2 aromatic rings. The molecule has 3 aliphatic rings. The van der Waals surface area contributed by atoms with Gasteiger partial charge in [0.05, 0.1) is 29.2 Å². The second kappa shape index (κ2) is 13.7. The first-order valence-electron chi connectivity index (χ1n) is 15.9. The van der Waals surface area contributed by atoms with Crippen molar-refractivity contribution in [3.63, 3.8) is 0 Å². The van der Waals surface area contributed by atoms with E-state index in [-0.39, 0.29) is 48.0 Å². The molecule has 1 N–H and O–H groups in total. The summed E-state index contributed by atoms with van der Waals surface area (Å²) < 4.78 is -0.821. The zero-order valence-corrected chi connectivity index (χ0v) is 27.9. The van der Waals surface area contributed by atoms with Crippen LogP contribution in [0.2, 0.25) is 5.02 Å². The maximum atomic E-state index is 15.0. The number of carbonyl (C=O) groups excluding carboxylic acids is 3. The molecular formula is C36H44ClN3O4S. The van der Waals surface area contributed by atoms with Gasteiger partial charge in [0, 0.05) is 35.6 Å². The molecule has 240 valence electrons. The number of nitrogens with zero attached hydrogens (tertiary/aromatic N) is 3. The summed E-state index contributed by atoms with van der Waals surface area (Å²) >= 11 is 7.84. The minimum atomic E-state index is -0.860. The first kappa shape index (κ1) is 33.3. The Kier molecular flexibility index (Phi) is 10.2. The molecule has 3 aliphatic heterocycles. The minimum Gasteiger partial charge on any atom is -0.394 e. The first-order valence-corrected chi connectivity index (χ1v) is 17.1. The number of anilines is 1. The van der Waals surface area contributed by atoms with Crippen molar-refractivity contribution in [3.8, 4) is 0 Å². The molecule has 2 aromatic carbocycles. The maximum absolute atomic E-state index is 15.0. The molecule has 8 atom stereocenters. The second-order valence-corrected chi connectivity index (χ2v) is 14.6. The standard InChI is InChI=1S/C36H44ClN3O4S/c1-6-18-38(21-25-12-10-9-11-13-25)33(42)30-29-20-24(5)36(45-29)31(30)34(43)40(28(22-41)23(4)8-3)32(36)35(44)39(19-7-2)27-16-14-26(37)15-17-27/h6-7,9-17,23-24,28-32,41H,1-2,8,18-22H2,3-5H3/t23-,24?,28-,29+,30-,31-,32?,36?/m0/s1. The van der Waals surface area contributed by atoms with E-state index in [4.69, 9.17) is 11.6 Å². The average Bonchev–Trinajstić information content (AvgIpc) is 3.64. The number of benzene rings is 2. The summed E-state index contributed by atoms with van der Waals surface area (Å²) in [6.07, 6.45) is 4.84. The predicted octanol–water partition coefficient (Wildman–Crippen LogP) is 5.82. The molecule has 3 fully saturated rings. The van der Waals surface area contributed by atoms with Crippen LogP contribution in [0.25, 0.3) is 0 Å². The molecular weight excluding hydrogens is 606 g/mol. The number of halogens is 1. The summed E-state index contributed by atoms with van der Waals surface area (Å²) in [4.78, 5) is 49.5. The summed E-state index contributed by atoms with van der Waals surface area (Å²) in [7, 11) is 0. The molecule has 3 unspecified atom stereocenters. The van der Waals surface area contributed by atoms with Crippen LogP contribution in [-0.4, -0.2) is 74.4 Å². The third-order valence-corrected chi connectivity index (χ3v) is 12.5. The third-order valence-electron chi connectivity index (χ3n) is 10.1.